The molecule has 2 aliphatic rings. The monoisotopic (exact) mass is 673 g/mol. The van der Waals surface area contributed by atoms with Gasteiger partial charge in [-0.25, -0.2) is 32.0 Å². The van der Waals surface area contributed by atoms with Gasteiger partial charge in [-0.2, -0.15) is 13.2 Å². The van der Waals surface area contributed by atoms with Gasteiger partial charge in [0.25, 0.3) is 0 Å². The molecule has 1 aliphatic heterocycles. The number of morpholine rings is 1. The number of benzene rings is 3. The lowest BCUT2D eigenvalue weighted by atomic mass is 10.1. The van der Waals surface area contributed by atoms with Gasteiger partial charge in [0.2, 0.25) is 0 Å². The minimum atomic E-state index is -4.50. The van der Waals surface area contributed by atoms with Gasteiger partial charge in [-0.1, -0.05) is 0 Å². The van der Waals surface area contributed by atoms with Crippen molar-refractivity contribution in [1.29, 1.82) is 0 Å². The van der Waals surface area contributed by atoms with E-state index in [1.165, 1.54) is 0 Å². The number of anilines is 3. The summed E-state index contributed by atoms with van der Waals surface area (Å²) in [6.45, 7) is 3.29. The van der Waals surface area contributed by atoms with Gasteiger partial charge in [0.15, 0.2) is 15.7 Å². The molecule has 15 heteroatoms. The number of halogens is 5. The van der Waals surface area contributed by atoms with Crippen molar-refractivity contribution < 1.29 is 39.9 Å². The highest BCUT2D eigenvalue weighted by Gasteiger charge is 2.58. The Balaban J connectivity index is 1.29. The molecule has 1 saturated carbocycles. The lowest BCUT2D eigenvalue weighted by molar-refractivity contribution is -0.137. The molecule has 2 N–H and O–H groups in total. The van der Waals surface area contributed by atoms with Gasteiger partial charge in [0, 0.05) is 35.6 Å². The number of carbonyl (C=O) groups is 1. The minimum absolute atomic E-state index is 0.0850. The number of hydrogen-bond acceptors (Lipinski definition) is 7. The number of amides is 2. The lowest BCUT2D eigenvalue weighted by Gasteiger charge is -2.34. The molecule has 1 saturated heterocycles. The van der Waals surface area contributed by atoms with E-state index in [2.05, 4.69) is 15.6 Å². The van der Waals surface area contributed by atoms with Gasteiger partial charge in [0.05, 0.1) is 35.4 Å². The first-order chi connectivity index (χ1) is 22.2. The van der Waals surface area contributed by atoms with Gasteiger partial charge >= 0.3 is 12.2 Å². The van der Waals surface area contributed by atoms with E-state index in [0.29, 0.717) is 42.9 Å². The maximum absolute atomic E-state index is 14.1. The van der Waals surface area contributed by atoms with E-state index in [-0.39, 0.29) is 36.1 Å². The molecule has 6 rings (SSSR count). The summed E-state index contributed by atoms with van der Waals surface area (Å²) >= 11 is 0. The number of rotatable bonds is 7. The van der Waals surface area contributed by atoms with Crippen LogP contribution < -0.4 is 15.5 Å². The Labute approximate surface area is 266 Å². The van der Waals surface area contributed by atoms with Crippen molar-refractivity contribution in [2.24, 2.45) is 0 Å². The fourth-order valence-electron chi connectivity index (χ4n) is 5.44. The van der Waals surface area contributed by atoms with Gasteiger partial charge < -0.3 is 20.3 Å². The summed E-state index contributed by atoms with van der Waals surface area (Å²) in [6.07, 6.45) is -4.11. The minimum Gasteiger partial charge on any atom is -0.377 e. The van der Waals surface area contributed by atoms with Crippen LogP contribution in [-0.2, 0) is 25.5 Å². The standard InChI is InChI=1S/C32H28F5N5O4S/c1-19-18-46-13-12-42(19)28-17-27(31(10-11-31)47(44,45)26-15-22(33)14-23(34)16-26)40-29(41-28)20-2-6-24(7-3-20)38-30(43)39-25-8-4-21(5-9-25)32(35,36)37/h2-9,14-17,19H,10-13,18H2,1H3,(H2,38,39,43)/t19-/m0/s1. The molecule has 47 heavy (non-hydrogen) atoms. The Bertz CT molecular complexity index is 1900. The maximum atomic E-state index is 14.1. The van der Waals surface area contributed by atoms with E-state index in [1.54, 1.807) is 30.3 Å². The van der Waals surface area contributed by atoms with Crippen molar-refractivity contribution in [3.05, 3.63) is 95.7 Å². The summed E-state index contributed by atoms with van der Waals surface area (Å²) in [4.78, 5) is 23.4. The molecule has 246 valence electrons. The lowest BCUT2D eigenvalue weighted by Crippen LogP contribution is -2.44. The first kappa shape index (κ1) is 32.3. The first-order valence-corrected chi connectivity index (χ1v) is 16.0. The van der Waals surface area contributed by atoms with Gasteiger partial charge in [-0.05, 0) is 80.4 Å². The Hall–Kier alpha value is -4.63. The summed E-state index contributed by atoms with van der Waals surface area (Å²) in [7, 11) is -4.26. The van der Waals surface area contributed by atoms with E-state index in [9.17, 15) is 35.2 Å². The predicted octanol–water partition coefficient (Wildman–Crippen LogP) is 6.77. The van der Waals surface area contributed by atoms with Crippen LogP contribution in [0.25, 0.3) is 11.4 Å². The third-order valence-electron chi connectivity index (χ3n) is 8.08. The highest BCUT2D eigenvalue weighted by Crippen LogP contribution is 2.55. The second kappa shape index (κ2) is 12.2. The van der Waals surface area contributed by atoms with Crippen molar-refractivity contribution in [3.8, 4) is 11.4 Å². The van der Waals surface area contributed by atoms with Crippen molar-refractivity contribution in [1.82, 2.24) is 9.97 Å². The number of carbonyl (C=O) groups excluding carboxylic acids is 1. The molecule has 0 spiro atoms. The third kappa shape index (κ3) is 6.63. The van der Waals surface area contributed by atoms with Crippen LogP contribution in [0.1, 0.15) is 31.0 Å². The van der Waals surface area contributed by atoms with Gasteiger partial charge in [-0.15, -0.1) is 0 Å². The van der Waals surface area contributed by atoms with Crippen molar-refractivity contribution in [2.75, 3.05) is 35.3 Å². The molecular formula is C32H28F5N5O4S. The largest absolute Gasteiger partial charge is 0.416 e. The zero-order valence-electron chi connectivity index (χ0n) is 24.8. The third-order valence-corrected chi connectivity index (χ3v) is 10.6. The highest BCUT2D eigenvalue weighted by atomic mass is 32.2. The maximum Gasteiger partial charge on any atom is 0.416 e. The van der Waals surface area contributed by atoms with Crippen LogP contribution in [-0.4, -0.2) is 50.2 Å². The van der Waals surface area contributed by atoms with E-state index in [1.807, 2.05) is 11.8 Å². The molecule has 9 nitrogen and oxygen atoms in total. The molecule has 0 radical (unpaired) electrons. The van der Waals surface area contributed by atoms with Crippen molar-refractivity contribution >= 4 is 33.1 Å². The average molecular weight is 674 g/mol. The molecule has 2 fully saturated rings. The number of hydrogen-bond donors (Lipinski definition) is 2. The molecule has 0 unspecified atom stereocenters. The quantitative estimate of drug-likeness (QED) is 0.208. The van der Waals surface area contributed by atoms with Gasteiger partial charge in [-0.3, -0.25) is 0 Å². The topological polar surface area (TPSA) is 114 Å². The van der Waals surface area contributed by atoms with E-state index in [0.717, 1.165) is 36.4 Å². The van der Waals surface area contributed by atoms with Crippen LogP contribution in [0, 0.1) is 11.6 Å². The Morgan fingerprint density at radius 3 is 2.06 bits per heavy atom. The first-order valence-electron chi connectivity index (χ1n) is 14.6. The Kier molecular flexibility index (Phi) is 8.38. The SMILES string of the molecule is C[C@H]1COCCN1c1cc(C2(S(=O)(=O)c3cc(F)cc(F)c3)CC2)nc(-c2ccc(NC(=O)Nc3ccc(C(F)(F)F)cc3)cc2)n1. The Morgan fingerprint density at radius 1 is 0.915 bits per heavy atom. The van der Waals surface area contributed by atoms with Crippen LogP contribution in [0.15, 0.2) is 77.7 Å². The fraction of sp³-hybridized carbons (Fsp3) is 0.281. The molecule has 2 amide bonds. The molecule has 0 bridgehead atoms. The number of alkyl halides is 3. The van der Waals surface area contributed by atoms with Gasteiger partial charge in [0.1, 0.15) is 22.2 Å². The number of sulfone groups is 1. The molecule has 3 aromatic carbocycles. The highest BCUT2D eigenvalue weighted by molar-refractivity contribution is 7.92. The number of aromatic nitrogens is 2. The zero-order valence-corrected chi connectivity index (χ0v) is 25.6. The summed E-state index contributed by atoms with van der Waals surface area (Å²) in [6, 6.07) is 13.4. The van der Waals surface area contributed by atoms with E-state index in [4.69, 9.17) is 9.72 Å². The molecule has 1 aliphatic carbocycles. The van der Waals surface area contributed by atoms with Crippen LogP contribution in [0.2, 0.25) is 0 Å². The van der Waals surface area contributed by atoms with Crippen molar-refractivity contribution in [3.63, 3.8) is 0 Å². The summed E-state index contributed by atoms with van der Waals surface area (Å²) < 4.78 is 98.3. The second-order valence-corrected chi connectivity index (χ2v) is 13.6. The van der Waals surface area contributed by atoms with E-state index < -0.39 is 48.9 Å². The van der Waals surface area contributed by atoms with Crippen LogP contribution >= 0.6 is 0 Å². The van der Waals surface area contributed by atoms with E-state index >= 15 is 0 Å². The smallest absolute Gasteiger partial charge is 0.377 e. The summed E-state index contributed by atoms with van der Waals surface area (Å²) in [5.74, 6) is -1.35. The number of ether oxygens (including phenoxy) is 1. The van der Waals surface area contributed by atoms with Crippen LogP contribution in [0.3, 0.4) is 0 Å². The number of urea groups is 1. The molecule has 2 heterocycles. The summed E-state index contributed by atoms with van der Waals surface area (Å²) in [5.41, 5.74) is 0.356. The molecular weight excluding hydrogens is 645 g/mol. The summed E-state index contributed by atoms with van der Waals surface area (Å²) in [5, 5.41) is 5.07. The Morgan fingerprint density at radius 2 is 1.51 bits per heavy atom. The average Bonchev–Trinajstić information content (AvgIpc) is 3.84. The molecule has 1 atom stereocenters. The predicted molar refractivity (Wildman–Crippen MR) is 164 cm³/mol. The zero-order chi connectivity index (χ0) is 33.6. The number of nitrogens with zero attached hydrogens (tertiary/aromatic N) is 3. The second-order valence-electron chi connectivity index (χ2n) is 11.4. The number of nitrogens with one attached hydrogen (secondary N) is 2. The molecule has 4 aromatic rings. The molecule has 1 aromatic heterocycles. The normalized spacial score (nSPS) is 17.7. The fourth-order valence-corrected chi connectivity index (χ4v) is 7.44. The van der Waals surface area contributed by atoms with Crippen LogP contribution in [0.4, 0.5) is 43.9 Å². The van der Waals surface area contributed by atoms with Crippen LogP contribution in [0.5, 0.6) is 0 Å². The van der Waals surface area contributed by atoms with Crippen molar-refractivity contribution in [2.45, 2.75) is 41.6 Å².